The fourth-order valence-electron chi connectivity index (χ4n) is 3.35. The van der Waals surface area contributed by atoms with Crippen molar-refractivity contribution < 1.29 is 4.74 Å². The summed E-state index contributed by atoms with van der Waals surface area (Å²) in [6, 6.07) is 8.49. The van der Waals surface area contributed by atoms with E-state index in [1.807, 2.05) is 7.05 Å². The molecular weight excluding hydrogens is 439 g/mol. The first kappa shape index (κ1) is 23.2. The summed E-state index contributed by atoms with van der Waals surface area (Å²) in [6.07, 6.45) is 1.25. The maximum atomic E-state index is 6.02. The van der Waals surface area contributed by atoms with E-state index in [1.165, 1.54) is 11.1 Å². The highest BCUT2D eigenvalue weighted by atomic mass is 127. The molecule has 5 nitrogen and oxygen atoms in total. The molecule has 1 atom stereocenters. The van der Waals surface area contributed by atoms with Crippen LogP contribution >= 0.6 is 24.0 Å². The Balaban J connectivity index is 0.00000338. The van der Waals surface area contributed by atoms with E-state index in [9.17, 15) is 0 Å². The second-order valence-corrected chi connectivity index (χ2v) is 6.52. The summed E-state index contributed by atoms with van der Waals surface area (Å²) < 4.78 is 6.02. The SMILES string of the molecule is CCN(CC)CCCNC(=NC)N1CCOC(c2ccccc2C)C1.I. The Labute approximate surface area is 176 Å². The summed E-state index contributed by atoms with van der Waals surface area (Å²) in [7, 11) is 1.87. The van der Waals surface area contributed by atoms with E-state index in [-0.39, 0.29) is 30.1 Å². The van der Waals surface area contributed by atoms with Gasteiger partial charge in [-0.3, -0.25) is 4.99 Å². The van der Waals surface area contributed by atoms with Crippen molar-refractivity contribution in [3.8, 4) is 0 Å². The Morgan fingerprint density at radius 3 is 2.69 bits per heavy atom. The number of benzene rings is 1. The van der Waals surface area contributed by atoms with Gasteiger partial charge in [-0.15, -0.1) is 24.0 Å². The zero-order chi connectivity index (χ0) is 18.1. The molecule has 6 heteroatoms. The number of nitrogens with zero attached hydrogens (tertiary/aromatic N) is 3. The molecule has 148 valence electrons. The van der Waals surface area contributed by atoms with Gasteiger partial charge in [-0.1, -0.05) is 38.1 Å². The first-order valence-corrected chi connectivity index (χ1v) is 9.54. The lowest BCUT2D eigenvalue weighted by Gasteiger charge is -2.35. The van der Waals surface area contributed by atoms with Crippen molar-refractivity contribution >= 4 is 29.9 Å². The third-order valence-electron chi connectivity index (χ3n) is 4.94. The summed E-state index contributed by atoms with van der Waals surface area (Å²) in [4.78, 5) is 9.25. The van der Waals surface area contributed by atoms with Crippen LogP contribution in [0.2, 0.25) is 0 Å². The first-order chi connectivity index (χ1) is 12.2. The number of ether oxygens (including phenoxy) is 1. The van der Waals surface area contributed by atoms with Crippen molar-refractivity contribution in [2.75, 3.05) is 52.9 Å². The van der Waals surface area contributed by atoms with Crippen LogP contribution in [0.25, 0.3) is 0 Å². The molecule has 1 N–H and O–H groups in total. The lowest BCUT2D eigenvalue weighted by atomic mass is 10.0. The number of halogens is 1. The van der Waals surface area contributed by atoms with Crippen molar-refractivity contribution in [3.63, 3.8) is 0 Å². The summed E-state index contributed by atoms with van der Waals surface area (Å²) >= 11 is 0. The number of nitrogens with one attached hydrogen (secondary N) is 1. The second-order valence-electron chi connectivity index (χ2n) is 6.52. The van der Waals surface area contributed by atoms with E-state index in [1.54, 1.807) is 0 Å². The Bertz CT molecular complexity index is 548. The molecule has 1 heterocycles. The number of hydrogen-bond acceptors (Lipinski definition) is 3. The Hall–Kier alpha value is -0.860. The van der Waals surface area contributed by atoms with E-state index in [0.717, 1.165) is 58.3 Å². The molecule has 1 fully saturated rings. The topological polar surface area (TPSA) is 40.1 Å². The molecule has 0 saturated carbocycles. The quantitative estimate of drug-likeness (QED) is 0.285. The maximum absolute atomic E-state index is 6.02. The van der Waals surface area contributed by atoms with E-state index < -0.39 is 0 Å². The van der Waals surface area contributed by atoms with Crippen LogP contribution in [0.5, 0.6) is 0 Å². The number of morpholine rings is 1. The van der Waals surface area contributed by atoms with Crippen molar-refractivity contribution in [3.05, 3.63) is 35.4 Å². The predicted octanol–water partition coefficient (Wildman–Crippen LogP) is 3.29. The minimum Gasteiger partial charge on any atom is -0.370 e. The summed E-state index contributed by atoms with van der Waals surface area (Å²) in [5.41, 5.74) is 2.57. The van der Waals surface area contributed by atoms with Crippen molar-refractivity contribution in [2.24, 2.45) is 4.99 Å². The third kappa shape index (κ3) is 6.70. The van der Waals surface area contributed by atoms with Gasteiger partial charge in [-0.2, -0.15) is 0 Å². The van der Waals surface area contributed by atoms with Crippen LogP contribution in [0.1, 0.15) is 37.5 Å². The number of rotatable bonds is 7. The van der Waals surface area contributed by atoms with Gasteiger partial charge in [0.05, 0.1) is 13.2 Å². The van der Waals surface area contributed by atoms with Crippen LogP contribution in [-0.4, -0.2) is 68.7 Å². The summed E-state index contributed by atoms with van der Waals surface area (Å²) in [6.45, 7) is 13.4. The van der Waals surface area contributed by atoms with Crippen LogP contribution in [0, 0.1) is 6.92 Å². The molecule has 0 aromatic heterocycles. The third-order valence-corrected chi connectivity index (χ3v) is 4.94. The molecule has 26 heavy (non-hydrogen) atoms. The minimum atomic E-state index is 0. The van der Waals surface area contributed by atoms with Gasteiger partial charge in [0.2, 0.25) is 0 Å². The summed E-state index contributed by atoms with van der Waals surface area (Å²) in [5.74, 6) is 0.987. The fourth-order valence-corrected chi connectivity index (χ4v) is 3.35. The smallest absolute Gasteiger partial charge is 0.193 e. The van der Waals surface area contributed by atoms with Crippen molar-refractivity contribution in [2.45, 2.75) is 33.3 Å². The fraction of sp³-hybridized carbons (Fsp3) is 0.650. The predicted molar refractivity (Wildman–Crippen MR) is 121 cm³/mol. The van der Waals surface area contributed by atoms with Crippen LogP contribution < -0.4 is 5.32 Å². The van der Waals surface area contributed by atoms with Crippen LogP contribution in [0.3, 0.4) is 0 Å². The van der Waals surface area contributed by atoms with Gasteiger partial charge in [0.15, 0.2) is 5.96 Å². The van der Waals surface area contributed by atoms with Gasteiger partial charge in [0.25, 0.3) is 0 Å². The molecule has 1 aromatic carbocycles. The van der Waals surface area contributed by atoms with Crippen molar-refractivity contribution in [1.82, 2.24) is 15.1 Å². The Morgan fingerprint density at radius 1 is 1.31 bits per heavy atom. The van der Waals surface area contributed by atoms with Crippen LogP contribution in [0.4, 0.5) is 0 Å². The number of aliphatic imine (C=N–C) groups is 1. The summed E-state index contributed by atoms with van der Waals surface area (Å²) in [5, 5.41) is 3.52. The highest BCUT2D eigenvalue weighted by Crippen LogP contribution is 2.24. The molecular formula is C20H35IN4O. The normalized spacial score (nSPS) is 18.0. The molecule has 1 saturated heterocycles. The van der Waals surface area contributed by atoms with Crippen LogP contribution in [0.15, 0.2) is 29.3 Å². The van der Waals surface area contributed by atoms with Gasteiger partial charge >= 0.3 is 0 Å². The molecule has 1 aliphatic rings. The Kier molecular flexibility index (Phi) is 11.2. The van der Waals surface area contributed by atoms with Crippen molar-refractivity contribution in [1.29, 1.82) is 0 Å². The van der Waals surface area contributed by atoms with Gasteiger partial charge in [0.1, 0.15) is 6.10 Å². The maximum Gasteiger partial charge on any atom is 0.193 e. The lowest BCUT2D eigenvalue weighted by molar-refractivity contribution is -0.00831. The zero-order valence-corrected chi connectivity index (χ0v) is 19.0. The number of aryl methyl sites for hydroxylation is 1. The molecule has 1 aromatic rings. The highest BCUT2D eigenvalue weighted by Gasteiger charge is 2.24. The van der Waals surface area contributed by atoms with E-state index in [0.29, 0.717) is 0 Å². The number of guanidine groups is 1. The average Bonchev–Trinajstić information content (AvgIpc) is 2.65. The van der Waals surface area contributed by atoms with Gasteiger partial charge < -0.3 is 19.9 Å². The highest BCUT2D eigenvalue weighted by molar-refractivity contribution is 14.0. The molecule has 1 aliphatic heterocycles. The van der Waals surface area contributed by atoms with Gasteiger partial charge in [0, 0.05) is 20.1 Å². The largest absolute Gasteiger partial charge is 0.370 e. The Morgan fingerprint density at radius 2 is 2.04 bits per heavy atom. The minimum absolute atomic E-state index is 0. The molecule has 0 spiro atoms. The molecule has 0 amide bonds. The monoisotopic (exact) mass is 474 g/mol. The van der Waals surface area contributed by atoms with E-state index >= 15 is 0 Å². The molecule has 2 rings (SSSR count). The molecule has 0 aliphatic carbocycles. The standard InChI is InChI=1S/C20H34N4O.HI/c1-5-23(6-2)13-9-12-22-20(21-4)24-14-15-25-19(16-24)18-11-8-7-10-17(18)3;/h7-8,10-11,19H,5-6,9,12-16H2,1-4H3,(H,21,22);1H. The number of hydrogen-bond donors (Lipinski definition) is 1. The molecule has 0 radical (unpaired) electrons. The zero-order valence-electron chi connectivity index (χ0n) is 16.7. The first-order valence-electron chi connectivity index (χ1n) is 9.54. The molecule has 1 unspecified atom stereocenters. The van der Waals surface area contributed by atoms with E-state index in [4.69, 9.17) is 4.74 Å². The van der Waals surface area contributed by atoms with Gasteiger partial charge in [-0.05, 0) is 44.1 Å². The molecule has 0 bridgehead atoms. The second kappa shape index (κ2) is 12.5. The average molecular weight is 474 g/mol. The van der Waals surface area contributed by atoms with Gasteiger partial charge in [-0.25, -0.2) is 0 Å². The van der Waals surface area contributed by atoms with Crippen LogP contribution in [-0.2, 0) is 4.74 Å². The van der Waals surface area contributed by atoms with E-state index in [2.05, 4.69) is 65.1 Å². The lowest BCUT2D eigenvalue weighted by Crippen LogP contribution is -2.48.